The summed E-state index contributed by atoms with van der Waals surface area (Å²) < 4.78 is 25.0. The lowest BCUT2D eigenvalue weighted by molar-refractivity contribution is 0.592. The molecule has 1 aliphatic rings. The normalized spacial score (nSPS) is 19.5. The Kier molecular flexibility index (Phi) is 4.88. The molecule has 0 radical (unpaired) electrons. The summed E-state index contributed by atoms with van der Waals surface area (Å²) in [6, 6.07) is 15.3. The fourth-order valence-electron chi connectivity index (χ4n) is 3.29. The van der Waals surface area contributed by atoms with E-state index in [1.165, 1.54) is 16.8 Å². The third-order valence-corrected chi connectivity index (χ3v) is 7.51. The molecule has 7 nitrogen and oxygen atoms in total. The molecule has 3 aromatic rings. The van der Waals surface area contributed by atoms with Crippen LogP contribution in [-0.2, 0) is 16.4 Å². The second-order valence-corrected chi connectivity index (χ2v) is 10.4. The van der Waals surface area contributed by atoms with Crippen LogP contribution in [0.4, 0.5) is 5.69 Å². The van der Waals surface area contributed by atoms with Crippen molar-refractivity contribution in [2.45, 2.75) is 41.5 Å². The van der Waals surface area contributed by atoms with Crippen molar-refractivity contribution in [1.82, 2.24) is 20.2 Å². The van der Waals surface area contributed by atoms with E-state index in [0.29, 0.717) is 23.7 Å². The minimum absolute atomic E-state index is 0.273. The predicted molar refractivity (Wildman–Crippen MR) is 110 cm³/mol. The Balaban J connectivity index is 1.67. The quantitative estimate of drug-likeness (QED) is 0.648. The van der Waals surface area contributed by atoms with Gasteiger partial charge in [-0.3, -0.25) is 0 Å². The maximum absolute atomic E-state index is 11.7. The van der Waals surface area contributed by atoms with Gasteiger partial charge in [0.1, 0.15) is 0 Å². The third kappa shape index (κ3) is 3.51. The molecule has 0 bridgehead atoms. The first-order valence-electron chi connectivity index (χ1n) is 8.94. The number of nitrogens with zero attached hydrogens (tertiary/aromatic N) is 5. The van der Waals surface area contributed by atoms with Crippen molar-refractivity contribution in [1.29, 1.82) is 0 Å². The first kappa shape index (κ1) is 18.9. The summed E-state index contributed by atoms with van der Waals surface area (Å²) in [6.45, 7) is 5.00. The second kappa shape index (κ2) is 7.21. The van der Waals surface area contributed by atoms with E-state index in [2.05, 4.69) is 52.5 Å². The molecule has 2 aromatic carbocycles. The van der Waals surface area contributed by atoms with Crippen molar-refractivity contribution in [3.8, 4) is 5.69 Å². The van der Waals surface area contributed by atoms with Crippen LogP contribution in [0.3, 0.4) is 0 Å². The van der Waals surface area contributed by atoms with Gasteiger partial charge in [0.05, 0.1) is 22.8 Å². The molecule has 2 heterocycles. The number of rotatable bonds is 4. The highest BCUT2D eigenvalue weighted by Crippen LogP contribution is 2.41. The van der Waals surface area contributed by atoms with E-state index < -0.39 is 9.84 Å². The van der Waals surface area contributed by atoms with Gasteiger partial charge in [0, 0.05) is 22.4 Å². The average molecular weight is 416 g/mol. The molecular weight excluding hydrogens is 394 g/mol. The van der Waals surface area contributed by atoms with Gasteiger partial charge in [0.25, 0.3) is 0 Å². The van der Waals surface area contributed by atoms with E-state index in [1.807, 2.05) is 17.8 Å². The largest absolute Gasteiger partial charge is 0.359 e. The summed E-state index contributed by atoms with van der Waals surface area (Å²) in [6.07, 6.45) is 1.19. The summed E-state index contributed by atoms with van der Waals surface area (Å²) >= 11 is 1.88. The van der Waals surface area contributed by atoms with Gasteiger partial charge in [-0.25, -0.2) is 8.42 Å². The minimum atomic E-state index is -3.24. The van der Waals surface area contributed by atoms with Crippen LogP contribution in [0.5, 0.6) is 0 Å². The van der Waals surface area contributed by atoms with Crippen molar-refractivity contribution in [2.75, 3.05) is 11.2 Å². The third-order valence-electron chi connectivity index (χ3n) is 5.01. The number of fused-ring (bicyclic) bond motifs is 1. The van der Waals surface area contributed by atoms with Gasteiger partial charge in [-0.15, -0.1) is 16.9 Å². The molecule has 0 N–H and O–H groups in total. The van der Waals surface area contributed by atoms with E-state index in [-0.39, 0.29) is 4.90 Å². The van der Waals surface area contributed by atoms with E-state index in [4.69, 9.17) is 0 Å². The molecule has 1 aliphatic heterocycles. The van der Waals surface area contributed by atoms with E-state index in [9.17, 15) is 8.42 Å². The van der Waals surface area contributed by atoms with Gasteiger partial charge in [-0.05, 0) is 53.7 Å². The summed E-state index contributed by atoms with van der Waals surface area (Å²) in [5, 5.41) is 12.6. The SMILES string of the molecule is C[C@@H]1Sc2ccccc2N(Cc2nnnn2-c2ccc(S(C)(=O)=O)cc2)[C@H]1C. The molecule has 28 heavy (non-hydrogen) atoms. The van der Waals surface area contributed by atoms with Crippen LogP contribution in [0.15, 0.2) is 58.3 Å². The molecule has 0 unspecified atom stereocenters. The number of thioether (sulfide) groups is 1. The zero-order chi connectivity index (χ0) is 19.9. The molecule has 0 saturated heterocycles. The number of hydrogen-bond acceptors (Lipinski definition) is 7. The highest BCUT2D eigenvalue weighted by molar-refractivity contribution is 8.00. The van der Waals surface area contributed by atoms with Crippen molar-refractivity contribution >= 4 is 27.3 Å². The van der Waals surface area contributed by atoms with Gasteiger partial charge in [-0.2, -0.15) is 4.68 Å². The maximum Gasteiger partial charge on any atom is 0.175 e. The molecule has 9 heteroatoms. The molecule has 0 spiro atoms. The zero-order valence-corrected chi connectivity index (χ0v) is 17.5. The summed E-state index contributed by atoms with van der Waals surface area (Å²) in [7, 11) is -3.24. The van der Waals surface area contributed by atoms with Crippen LogP contribution >= 0.6 is 11.8 Å². The Bertz CT molecular complexity index is 1100. The van der Waals surface area contributed by atoms with Crippen LogP contribution in [0, 0.1) is 0 Å². The Hall–Kier alpha value is -2.39. The summed E-state index contributed by atoms with van der Waals surface area (Å²) in [5.74, 6) is 0.702. The number of anilines is 1. The first-order chi connectivity index (χ1) is 13.3. The van der Waals surface area contributed by atoms with Crippen LogP contribution in [0.2, 0.25) is 0 Å². The highest BCUT2D eigenvalue weighted by atomic mass is 32.2. The van der Waals surface area contributed by atoms with Crippen molar-refractivity contribution in [3.05, 3.63) is 54.4 Å². The highest BCUT2D eigenvalue weighted by Gasteiger charge is 2.30. The van der Waals surface area contributed by atoms with Gasteiger partial charge in [-0.1, -0.05) is 19.1 Å². The van der Waals surface area contributed by atoms with E-state index >= 15 is 0 Å². The minimum Gasteiger partial charge on any atom is -0.359 e. The smallest absolute Gasteiger partial charge is 0.175 e. The fourth-order valence-corrected chi connectivity index (χ4v) is 5.12. The Labute approximate surface area is 168 Å². The van der Waals surface area contributed by atoms with E-state index in [0.717, 1.165) is 5.69 Å². The standard InChI is InChI=1S/C19H21N5O2S2/c1-13-14(2)27-18-7-5-4-6-17(18)23(13)12-19-20-21-22-24(19)15-8-10-16(11-9-15)28(3,25)26/h4-11,13-14H,12H2,1-3H3/t13-,14-/m0/s1. The molecule has 1 aromatic heterocycles. The lowest BCUT2D eigenvalue weighted by Gasteiger charge is -2.40. The van der Waals surface area contributed by atoms with Gasteiger partial charge >= 0.3 is 0 Å². The average Bonchev–Trinajstić information content (AvgIpc) is 3.13. The molecule has 0 fully saturated rings. The van der Waals surface area contributed by atoms with Crippen LogP contribution in [0.1, 0.15) is 19.7 Å². The second-order valence-electron chi connectivity index (χ2n) is 6.93. The van der Waals surface area contributed by atoms with Gasteiger partial charge < -0.3 is 4.90 Å². The Morgan fingerprint density at radius 1 is 1.07 bits per heavy atom. The van der Waals surface area contributed by atoms with Gasteiger partial charge in [0.2, 0.25) is 0 Å². The number of sulfone groups is 1. The van der Waals surface area contributed by atoms with Crippen molar-refractivity contribution in [2.24, 2.45) is 0 Å². The molecular formula is C19H21N5O2S2. The number of hydrogen-bond donors (Lipinski definition) is 0. The molecule has 0 aliphatic carbocycles. The van der Waals surface area contributed by atoms with E-state index in [1.54, 1.807) is 28.9 Å². The zero-order valence-electron chi connectivity index (χ0n) is 15.8. The molecule has 0 saturated carbocycles. The Morgan fingerprint density at radius 2 is 1.79 bits per heavy atom. The lowest BCUT2D eigenvalue weighted by Crippen LogP contribution is -2.42. The topological polar surface area (TPSA) is 81.0 Å². The number of benzene rings is 2. The van der Waals surface area contributed by atoms with Gasteiger partial charge in [0.15, 0.2) is 15.7 Å². The van der Waals surface area contributed by atoms with Crippen LogP contribution in [0.25, 0.3) is 5.69 Å². The Morgan fingerprint density at radius 3 is 2.50 bits per heavy atom. The number of aromatic nitrogens is 4. The molecule has 2 atom stereocenters. The molecule has 0 amide bonds. The number of tetrazole rings is 1. The summed E-state index contributed by atoms with van der Waals surface area (Å²) in [5.41, 5.74) is 1.91. The monoisotopic (exact) mass is 415 g/mol. The van der Waals surface area contributed by atoms with Crippen molar-refractivity contribution < 1.29 is 8.42 Å². The fraction of sp³-hybridized carbons (Fsp3) is 0.316. The summed E-state index contributed by atoms with van der Waals surface area (Å²) in [4.78, 5) is 3.85. The predicted octanol–water partition coefficient (Wildman–Crippen LogP) is 2.96. The lowest BCUT2D eigenvalue weighted by atomic mass is 10.1. The number of para-hydroxylation sites is 1. The van der Waals surface area contributed by atoms with Crippen LogP contribution < -0.4 is 4.90 Å². The molecule has 146 valence electrons. The first-order valence-corrected chi connectivity index (χ1v) is 11.7. The van der Waals surface area contributed by atoms with Crippen LogP contribution in [-0.4, -0.2) is 46.2 Å². The maximum atomic E-state index is 11.7. The van der Waals surface area contributed by atoms with Crippen molar-refractivity contribution in [3.63, 3.8) is 0 Å². The molecule has 4 rings (SSSR count).